The average molecular weight is 463 g/mol. The van der Waals surface area contributed by atoms with Crippen LogP contribution in [0.5, 0.6) is 0 Å². The van der Waals surface area contributed by atoms with E-state index in [1.54, 1.807) is 35.2 Å². The molecule has 9 heteroatoms. The molecule has 0 bridgehead atoms. The lowest BCUT2D eigenvalue weighted by Crippen LogP contribution is -2.45. The van der Waals surface area contributed by atoms with Crippen molar-refractivity contribution < 1.29 is 18.4 Å². The Morgan fingerprint density at radius 2 is 1.91 bits per heavy atom. The van der Waals surface area contributed by atoms with Gasteiger partial charge in [0.05, 0.1) is 24.9 Å². The highest BCUT2D eigenvalue weighted by Gasteiger charge is 2.42. The molecule has 0 saturated heterocycles. The number of halogens is 1. The van der Waals surface area contributed by atoms with E-state index in [-0.39, 0.29) is 24.7 Å². The van der Waals surface area contributed by atoms with Gasteiger partial charge in [0.2, 0.25) is 5.91 Å². The van der Waals surface area contributed by atoms with Crippen LogP contribution < -0.4 is 5.32 Å². The first-order valence-corrected chi connectivity index (χ1v) is 11.3. The highest BCUT2D eigenvalue weighted by Crippen LogP contribution is 2.35. The topological polar surface area (TPSA) is 87.3 Å². The third-order valence-corrected chi connectivity index (χ3v) is 6.34. The third kappa shape index (κ3) is 4.31. The highest BCUT2D eigenvalue weighted by molar-refractivity contribution is 8.13. The van der Waals surface area contributed by atoms with Gasteiger partial charge in [-0.05, 0) is 35.9 Å². The van der Waals surface area contributed by atoms with E-state index in [1.807, 2.05) is 24.3 Å². The Morgan fingerprint density at radius 3 is 2.73 bits per heavy atom. The van der Waals surface area contributed by atoms with Gasteiger partial charge in [-0.3, -0.25) is 14.5 Å². The molecule has 1 aromatic heterocycles. The monoisotopic (exact) mass is 462 g/mol. The second-order valence-corrected chi connectivity index (χ2v) is 8.45. The molecule has 1 unspecified atom stereocenters. The molecule has 3 heterocycles. The van der Waals surface area contributed by atoms with E-state index in [9.17, 15) is 14.0 Å². The van der Waals surface area contributed by atoms with E-state index in [4.69, 9.17) is 9.41 Å². The second-order valence-electron chi connectivity index (χ2n) is 7.51. The van der Waals surface area contributed by atoms with Gasteiger partial charge in [0, 0.05) is 11.3 Å². The van der Waals surface area contributed by atoms with Crippen molar-refractivity contribution in [2.24, 2.45) is 9.98 Å². The SMILES string of the molecule is O=C(CC1C(=O)N=C2c3ccccc3N=C(SCc3ccccc3F)N21)NCc1ccco1. The summed E-state index contributed by atoms with van der Waals surface area (Å²) >= 11 is 1.31. The van der Waals surface area contributed by atoms with Gasteiger partial charge in [0.1, 0.15) is 23.5 Å². The quantitative estimate of drug-likeness (QED) is 0.598. The van der Waals surface area contributed by atoms with Crippen molar-refractivity contribution in [2.75, 3.05) is 0 Å². The number of aliphatic imine (C=N–C) groups is 2. The zero-order valence-corrected chi connectivity index (χ0v) is 18.2. The van der Waals surface area contributed by atoms with Crippen molar-refractivity contribution in [2.45, 2.75) is 24.8 Å². The van der Waals surface area contributed by atoms with Crippen LogP contribution in [0.1, 0.15) is 23.3 Å². The summed E-state index contributed by atoms with van der Waals surface area (Å²) in [6.07, 6.45) is 1.44. The standard InChI is InChI=1S/C24H19FN4O3S/c25-18-9-3-1-6-15(18)14-33-24-27-19-10-4-2-8-17(19)22-28-23(31)20(29(22)24)12-21(30)26-13-16-7-5-11-32-16/h1-11,20H,12-14H2,(H,26,30). The van der Waals surface area contributed by atoms with Gasteiger partial charge in [0.25, 0.3) is 5.91 Å². The Morgan fingerprint density at radius 1 is 1.09 bits per heavy atom. The number of hydrogen-bond donors (Lipinski definition) is 1. The van der Waals surface area contributed by atoms with Crippen molar-refractivity contribution in [3.05, 3.63) is 89.6 Å². The van der Waals surface area contributed by atoms with Crippen molar-refractivity contribution in [1.29, 1.82) is 0 Å². The molecule has 2 aliphatic heterocycles. The number of nitrogens with zero attached hydrogens (tertiary/aromatic N) is 3. The lowest BCUT2D eigenvalue weighted by molar-refractivity contribution is -0.126. The third-order valence-electron chi connectivity index (χ3n) is 5.34. The molecule has 5 rings (SSSR count). The smallest absolute Gasteiger partial charge is 0.271 e. The molecule has 0 spiro atoms. The predicted molar refractivity (Wildman–Crippen MR) is 124 cm³/mol. The maximum atomic E-state index is 14.2. The zero-order chi connectivity index (χ0) is 22.8. The van der Waals surface area contributed by atoms with Gasteiger partial charge >= 0.3 is 0 Å². The van der Waals surface area contributed by atoms with Crippen LogP contribution in [0.25, 0.3) is 0 Å². The van der Waals surface area contributed by atoms with Gasteiger partial charge in [-0.2, -0.15) is 4.99 Å². The predicted octanol–water partition coefficient (Wildman–Crippen LogP) is 4.02. The average Bonchev–Trinajstić information content (AvgIpc) is 3.45. The Bertz CT molecular complexity index is 1270. The van der Waals surface area contributed by atoms with Gasteiger partial charge in [-0.1, -0.05) is 42.1 Å². The van der Waals surface area contributed by atoms with E-state index < -0.39 is 11.9 Å². The van der Waals surface area contributed by atoms with Crippen LogP contribution in [0, 0.1) is 5.82 Å². The number of nitrogens with one attached hydrogen (secondary N) is 1. The fourth-order valence-electron chi connectivity index (χ4n) is 3.71. The number of rotatable bonds is 6. The summed E-state index contributed by atoms with van der Waals surface area (Å²) in [6.45, 7) is 0.228. The van der Waals surface area contributed by atoms with E-state index in [1.165, 1.54) is 24.1 Å². The Hall–Kier alpha value is -3.72. The summed E-state index contributed by atoms with van der Waals surface area (Å²) in [5.41, 5.74) is 1.93. The van der Waals surface area contributed by atoms with Gasteiger partial charge in [0.15, 0.2) is 5.17 Å². The molecule has 7 nitrogen and oxygen atoms in total. The number of fused-ring (bicyclic) bond motifs is 3. The number of furan rings is 1. The fraction of sp³-hybridized carbons (Fsp3) is 0.167. The molecule has 2 amide bonds. The molecular weight excluding hydrogens is 443 g/mol. The minimum absolute atomic E-state index is 0.0893. The molecule has 0 saturated carbocycles. The fourth-order valence-corrected chi connectivity index (χ4v) is 4.74. The summed E-state index contributed by atoms with van der Waals surface area (Å²) in [5.74, 6) is 0.385. The summed E-state index contributed by atoms with van der Waals surface area (Å²) in [4.78, 5) is 36.1. The Kier molecular flexibility index (Phi) is 5.78. The number of carbonyl (C=O) groups is 2. The first kappa shape index (κ1) is 21.1. The van der Waals surface area contributed by atoms with Crippen molar-refractivity contribution in [1.82, 2.24) is 10.2 Å². The lowest BCUT2D eigenvalue weighted by atomic mass is 10.1. The number of para-hydroxylation sites is 1. The van der Waals surface area contributed by atoms with Crippen LogP contribution in [-0.4, -0.2) is 33.8 Å². The van der Waals surface area contributed by atoms with Gasteiger partial charge < -0.3 is 9.73 Å². The summed E-state index contributed by atoms with van der Waals surface area (Å²) < 4.78 is 19.4. The first-order valence-electron chi connectivity index (χ1n) is 10.4. The molecule has 33 heavy (non-hydrogen) atoms. The van der Waals surface area contributed by atoms with E-state index in [2.05, 4.69) is 10.3 Å². The van der Waals surface area contributed by atoms with Crippen molar-refractivity contribution in [3.8, 4) is 0 Å². The first-order chi connectivity index (χ1) is 16.1. The number of amides is 2. The number of hydrogen-bond acceptors (Lipinski definition) is 6. The minimum atomic E-state index is -0.822. The second kappa shape index (κ2) is 9.03. The maximum Gasteiger partial charge on any atom is 0.271 e. The normalized spacial score (nSPS) is 16.7. The Balaban J connectivity index is 1.39. The number of thioether (sulfide) groups is 1. The van der Waals surface area contributed by atoms with Crippen LogP contribution in [0.4, 0.5) is 10.1 Å². The molecule has 3 aromatic rings. The molecule has 0 aliphatic carbocycles. The lowest BCUT2D eigenvalue weighted by Gasteiger charge is -2.30. The van der Waals surface area contributed by atoms with Gasteiger partial charge in [-0.15, -0.1) is 0 Å². The van der Waals surface area contributed by atoms with Crippen LogP contribution in [0.2, 0.25) is 0 Å². The van der Waals surface area contributed by atoms with Crippen LogP contribution in [-0.2, 0) is 21.9 Å². The van der Waals surface area contributed by atoms with Crippen LogP contribution in [0.3, 0.4) is 0 Å². The minimum Gasteiger partial charge on any atom is -0.467 e. The number of amidine groups is 2. The molecule has 1 N–H and O–H groups in total. The largest absolute Gasteiger partial charge is 0.467 e. The molecule has 2 aliphatic rings. The summed E-state index contributed by atoms with van der Waals surface area (Å²) in [7, 11) is 0. The van der Waals surface area contributed by atoms with Crippen molar-refractivity contribution in [3.63, 3.8) is 0 Å². The molecule has 0 radical (unpaired) electrons. The van der Waals surface area contributed by atoms with E-state index in [0.29, 0.717) is 33.8 Å². The maximum absolute atomic E-state index is 14.2. The van der Waals surface area contributed by atoms with E-state index in [0.717, 1.165) is 5.56 Å². The molecule has 1 atom stereocenters. The van der Waals surface area contributed by atoms with Crippen LogP contribution in [0.15, 0.2) is 81.3 Å². The summed E-state index contributed by atoms with van der Waals surface area (Å²) in [6, 6.07) is 16.6. The molecular formula is C24H19FN4O3S. The Labute approximate surface area is 193 Å². The van der Waals surface area contributed by atoms with Crippen LogP contribution >= 0.6 is 11.8 Å². The highest BCUT2D eigenvalue weighted by atomic mass is 32.2. The van der Waals surface area contributed by atoms with Crippen molar-refractivity contribution >= 4 is 40.3 Å². The number of benzene rings is 2. The molecule has 166 valence electrons. The zero-order valence-electron chi connectivity index (χ0n) is 17.4. The number of carbonyl (C=O) groups excluding carboxylic acids is 2. The summed E-state index contributed by atoms with van der Waals surface area (Å²) in [5, 5.41) is 3.27. The molecule has 2 aromatic carbocycles. The molecule has 0 fully saturated rings. The van der Waals surface area contributed by atoms with Gasteiger partial charge in [-0.25, -0.2) is 9.38 Å². The van der Waals surface area contributed by atoms with E-state index >= 15 is 0 Å².